The summed E-state index contributed by atoms with van der Waals surface area (Å²) in [5.74, 6) is 0.120. The highest BCUT2D eigenvalue weighted by molar-refractivity contribution is 6.31. The van der Waals surface area contributed by atoms with Gasteiger partial charge in [0.25, 0.3) is 5.91 Å². The van der Waals surface area contributed by atoms with Crippen LogP contribution in [-0.4, -0.2) is 88.6 Å². The molecule has 1 N–H and O–H groups in total. The van der Waals surface area contributed by atoms with Gasteiger partial charge in [0.05, 0.1) is 18.0 Å². The van der Waals surface area contributed by atoms with Gasteiger partial charge in [-0.1, -0.05) is 37.2 Å². The fourth-order valence-electron chi connectivity index (χ4n) is 6.34. The zero-order valence-corrected chi connectivity index (χ0v) is 25.8. The molecule has 0 aliphatic carbocycles. The number of carbonyl (C=O) groups excluding carboxylic acids is 1. The van der Waals surface area contributed by atoms with Crippen LogP contribution < -0.4 is 5.32 Å². The van der Waals surface area contributed by atoms with Gasteiger partial charge in [0.1, 0.15) is 5.82 Å². The largest absolute Gasteiger partial charge is 0.336 e. The fourth-order valence-corrected chi connectivity index (χ4v) is 6.51. The van der Waals surface area contributed by atoms with E-state index >= 15 is 0 Å². The zero-order valence-electron chi connectivity index (χ0n) is 25.1. The molecule has 0 spiro atoms. The third kappa shape index (κ3) is 6.82. The Morgan fingerprint density at radius 3 is 2.30 bits per heavy atom. The van der Waals surface area contributed by atoms with Crippen LogP contribution in [0.15, 0.2) is 77.9 Å². The van der Waals surface area contributed by atoms with Gasteiger partial charge in [-0.15, -0.1) is 0 Å². The van der Waals surface area contributed by atoms with Crippen LogP contribution in [0.3, 0.4) is 0 Å². The molecule has 0 unspecified atom stereocenters. The summed E-state index contributed by atoms with van der Waals surface area (Å²) in [5, 5.41) is 3.81. The first kappa shape index (κ1) is 31.8. The summed E-state index contributed by atoms with van der Waals surface area (Å²) in [6, 6.07) is 19.5. The molecule has 0 saturated carbocycles. The van der Waals surface area contributed by atoms with E-state index in [-0.39, 0.29) is 19.2 Å². The highest BCUT2D eigenvalue weighted by atomic mass is 35.5. The van der Waals surface area contributed by atoms with Crippen LogP contribution in [-0.2, 0) is 6.54 Å². The van der Waals surface area contributed by atoms with Crippen LogP contribution in [0.4, 0.5) is 16.0 Å². The van der Waals surface area contributed by atoms with Crippen molar-refractivity contribution < 1.29 is 9.18 Å². The van der Waals surface area contributed by atoms with Gasteiger partial charge in [0, 0.05) is 84.0 Å². The number of hydrogen-bond acceptors (Lipinski definition) is 7. The molecule has 7 rings (SSSR count). The molecule has 10 heteroatoms. The summed E-state index contributed by atoms with van der Waals surface area (Å²) in [4.78, 5) is 34.3. The lowest BCUT2D eigenvalue weighted by atomic mass is 9.95. The number of carbonyl (C=O) groups is 1. The van der Waals surface area contributed by atoms with Crippen molar-refractivity contribution in [1.82, 2.24) is 24.7 Å². The Kier molecular flexibility index (Phi) is 9.72. The molecule has 4 aromatic rings. The molecule has 3 aliphatic heterocycles. The monoisotopic (exact) mass is 639 g/mol. The van der Waals surface area contributed by atoms with Crippen molar-refractivity contribution in [3.8, 4) is 11.3 Å². The second kappa shape index (κ2) is 14.1. The summed E-state index contributed by atoms with van der Waals surface area (Å²) in [7, 11) is 0. The maximum absolute atomic E-state index is 14.8. The summed E-state index contributed by atoms with van der Waals surface area (Å²) in [5.41, 5.74) is 5.43. The van der Waals surface area contributed by atoms with Gasteiger partial charge in [0.2, 0.25) is 5.95 Å². The number of nitrogens with one attached hydrogen (secondary N) is 1. The third-order valence-electron chi connectivity index (χ3n) is 8.87. The molecule has 2 saturated heterocycles. The van der Waals surface area contributed by atoms with E-state index in [1.807, 2.05) is 35.2 Å². The average Bonchev–Trinajstić information content (AvgIpc) is 3.54. The number of halogens is 2. The molecule has 1 amide bonds. The van der Waals surface area contributed by atoms with Crippen LogP contribution in [0, 0.1) is 5.82 Å². The smallest absolute Gasteiger partial charge is 0.253 e. The molecule has 0 atom stereocenters. The van der Waals surface area contributed by atoms with Crippen LogP contribution in [0.25, 0.3) is 11.3 Å². The van der Waals surface area contributed by atoms with Gasteiger partial charge in [-0.3, -0.25) is 14.7 Å². The van der Waals surface area contributed by atoms with Gasteiger partial charge in [0.15, 0.2) is 0 Å². The Bertz CT molecular complexity index is 1730. The van der Waals surface area contributed by atoms with Crippen molar-refractivity contribution >= 4 is 34.9 Å². The lowest BCUT2D eigenvalue weighted by molar-refractivity contribution is 0.0626. The van der Waals surface area contributed by atoms with E-state index in [9.17, 15) is 9.18 Å². The second-order valence-electron chi connectivity index (χ2n) is 11.8. The first-order valence-corrected chi connectivity index (χ1v) is 16.0. The van der Waals surface area contributed by atoms with Gasteiger partial charge in [-0.05, 0) is 74.5 Å². The number of nitrogens with zero attached hydrogens (tertiary/aromatic N) is 6. The third-order valence-corrected chi connectivity index (χ3v) is 9.11. The molecular weight excluding hydrogens is 601 g/mol. The highest BCUT2D eigenvalue weighted by Crippen LogP contribution is 2.34. The first-order valence-electron chi connectivity index (χ1n) is 15.6. The molecular formula is C36H39ClFN7O. The van der Waals surface area contributed by atoms with Crippen molar-refractivity contribution in [3.63, 3.8) is 0 Å². The zero-order chi connectivity index (χ0) is 30.8. The van der Waals surface area contributed by atoms with Gasteiger partial charge in [-0.2, -0.15) is 0 Å². The number of amides is 1. The van der Waals surface area contributed by atoms with Crippen molar-refractivity contribution in [2.24, 2.45) is 4.99 Å². The van der Waals surface area contributed by atoms with Crippen LogP contribution in [0.1, 0.15) is 47.3 Å². The van der Waals surface area contributed by atoms with E-state index in [1.54, 1.807) is 36.5 Å². The van der Waals surface area contributed by atoms with Gasteiger partial charge < -0.3 is 15.1 Å². The molecule has 0 bridgehead atoms. The van der Waals surface area contributed by atoms with Crippen molar-refractivity contribution in [2.45, 2.75) is 26.8 Å². The van der Waals surface area contributed by atoms with E-state index in [0.717, 1.165) is 56.1 Å². The fraction of sp³-hybridized carbons (Fsp3) is 0.333. The Labute approximate surface area is 274 Å². The van der Waals surface area contributed by atoms with Crippen molar-refractivity contribution in [3.05, 3.63) is 106 Å². The van der Waals surface area contributed by atoms with E-state index in [2.05, 4.69) is 20.1 Å². The summed E-state index contributed by atoms with van der Waals surface area (Å²) >= 11 is 6.39. The molecule has 2 fully saturated rings. The number of rotatable bonds is 7. The van der Waals surface area contributed by atoms with E-state index < -0.39 is 0 Å². The van der Waals surface area contributed by atoms with Crippen LogP contribution in [0.5, 0.6) is 0 Å². The summed E-state index contributed by atoms with van der Waals surface area (Å²) in [6.45, 7) is 8.26. The lowest BCUT2D eigenvalue weighted by Gasteiger charge is -2.35. The Balaban J connectivity index is 0.00000372. The first-order chi connectivity index (χ1) is 22.0. The second-order valence-corrected chi connectivity index (χ2v) is 12.2. The average molecular weight is 640 g/mol. The molecule has 3 aliphatic rings. The number of benzene rings is 3. The van der Waals surface area contributed by atoms with Gasteiger partial charge in [-0.25, -0.2) is 14.4 Å². The summed E-state index contributed by atoms with van der Waals surface area (Å²) in [6.07, 6.45) is 4.38. The topological polar surface area (TPSA) is 77.0 Å². The lowest BCUT2D eigenvalue weighted by Crippen LogP contribution is -2.50. The molecule has 0 radical (unpaired) electrons. The minimum absolute atomic E-state index is 0. The van der Waals surface area contributed by atoms with Crippen molar-refractivity contribution in [1.29, 1.82) is 0 Å². The molecule has 8 nitrogen and oxygen atoms in total. The molecule has 4 heterocycles. The SMILES string of the molecule is C.O=C(c1ccc(Nc2ncc3c(n2)-c2ccc(Cl)cc2C(c2ccccc2F)=NC3)cc1)N1CCN(CCN2CCCC2)CC1. The Morgan fingerprint density at radius 2 is 1.57 bits per heavy atom. The van der Waals surface area contributed by atoms with Crippen LogP contribution >= 0.6 is 11.6 Å². The Morgan fingerprint density at radius 1 is 0.848 bits per heavy atom. The maximum Gasteiger partial charge on any atom is 0.253 e. The standard InChI is InChI=1S/C35H35ClFN7O.CH4/c36-26-9-12-28-30(21-26)33(29-5-1-2-6-31(29)37)38-22-25-23-39-35(41-32(25)28)40-27-10-7-24(8-11-27)34(45)44-19-17-43(18-20-44)16-15-42-13-3-4-14-42;/h1-2,5-12,21,23H,3-4,13-20,22H2,(H,39,40,41);1H4. The van der Waals surface area contributed by atoms with E-state index in [4.69, 9.17) is 21.6 Å². The maximum atomic E-state index is 14.8. The predicted octanol–water partition coefficient (Wildman–Crippen LogP) is 6.52. The molecule has 1 aromatic heterocycles. The quantitative estimate of drug-likeness (QED) is 0.248. The number of hydrogen-bond donors (Lipinski definition) is 1. The number of aliphatic imine (C=N–C) groups is 1. The molecule has 46 heavy (non-hydrogen) atoms. The minimum atomic E-state index is -0.348. The van der Waals surface area contributed by atoms with Crippen molar-refractivity contribution in [2.75, 3.05) is 57.7 Å². The normalized spacial score (nSPS) is 16.6. The molecule has 238 valence electrons. The number of anilines is 2. The Hall–Kier alpha value is -4.18. The number of piperazine rings is 1. The minimum Gasteiger partial charge on any atom is -0.336 e. The van der Waals surface area contributed by atoms with Crippen LogP contribution in [0.2, 0.25) is 5.02 Å². The molecule has 3 aromatic carbocycles. The van der Waals surface area contributed by atoms with E-state index in [0.29, 0.717) is 45.6 Å². The van der Waals surface area contributed by atoms with Gasteiger partial charge >= 0.3 is 0 Å². The van der Waals surface area contributed by atoms with E-state index in [1.165, 1.54) is 32.0 Å². The summed E-state index contributed by atoms with van der Waals surface area (Å²) < 4.78 is 14.8. The number of aromatic nitrogens is 2. The predicted molar refractivity (Wildman–Crippen MR) is 183 cm³/mol. The highest BCUT2D eigenvalue weighted by Gasteiger charge is 2.25. The number of likely N-dealkylation sites (tertiary alicyclic amines) is 1. The number of fused-ring (bicyclic) bond motifs is 3.